The lowest BCUT2D eigenvalue weighted by Gasteiger charge is -2.19. The number of aliphatic hydroxyl groups is 1. The molecule has 1 aliphatic rings. The molecule has 0 aromatic heterocycles. The highest BCUT2D eigenvalue weighted by atomic mass is 35.5. The Kier molecular flexibility index (Phi) is 4.89. The summed E-state index contributed by atoms with van der Waals surface area (Å²) in [6.45, 7) is 3.86. The van der Waals surface area contributed by atoms with Crippen LogP contribution in [0.3, 0.4) is 0 Å². The predicted octanol–water partition coefficient (Wildman–Crippen LogP) is 2.51. The molecule has 1 fully saturated rings. The Bertz CT molecular complexity index is 481. The van der Waals surface area contributed by atoms with E-state index in [9.17, 15) is 4.79 Å². The summed E-state index contributed by atoms with van der Waals surface area (Å²) in [5, 5.41) is 15.6. The van der Waals surface area contributed by atoms with E-state index in [1.807, 2.05) is 38.1 Å². The van der Waals surface area contributed by atoms with Gasteiger partial charge in [0.25, 0.3) is 0 Å². The Morgan fingerprint density at radius 3 is 2.90 bits per heavy atom. The Balaban J connectivity index is 1.80. The summed E-state index contributed by atoms with van der Waals surface area (Å²) >= 11 is 5.97. The smallest absolute Gasteiger partial charge is 0.315 e. The van der Waals surface area contributed by atoms with Gasteiger partial charge in [0.15, 0.2) is 0 Å². The minimum Gasteiger partial charge on any atom is -0.396 e. The summed E-state index contributed by atoms with van der Waals surface area (Å²) < 4.78 is 0. The SMILES string of the molecule is CC(CO)C(C)NC(=O)NC1CC1c1cccc(Cl)c1. The quantitative estimate of drug-likeness (QED) is 0.782. The molecule has 1 aromatic carbocycles. The highest BCUT2D eigenvalue weighted by Crippen LogP contribution is 2.41. The fourth-order valence-electron chi connectivity index (χ4n) is 2.18. The van der Waals surface area contributed by atoms with Crippen molar-refractivity contribution in [2.45, 2.75) is 38.3 Å². The van der Waals surface area contributed by atoms with Gasteiger partial charge in [-0.05, 0) is 37.0 Å². The number of halogens is 1. The zero-order valence-electron chi connectivity index (χ0n) is 11.8. The second-order valence-electron chi connectivity index (χ2n) is 5.57. The van der Waals surface area contributed by atoms with Crippen LogP contribution in [-0.2, 0) is 0 Å². The first-order chi connectivity index (χ1) is 9.51. The van der Waals surface area contributed by atoms with Crippen LogP contribution in [0, 0.1) is 5.92 Å². The first-order valence-corrected chi connectivity index (χ1v) is 7.32. The van der Waals surface area contributed by atoms with Gasteiger partial charge < -0.3 is 15.7 Å². The van der Waals surface area contributed by atoms with Gasteiger partial charge in [-0.1, -0.05) is 30.7 Å². The van der Waals surface area contributed by atoms with Crippen LogP contribution in [0.1, 0.15) is 31.7 Å². The van der Waals surface area contributed by atoms with E-state index in [0.29, 0.717) is 5.92 Å². The van der Waals surface area contributed by atoms with Crippen molar-refractivity contribution < 1.29 is 9.90 Å². The summed E-state index contributed by atoms with van der Waals surface area (Å²) in [4.78, 5) is 11.8. The normalized spacial score (nSPS) is 23.8. The number of hydrogen-bond acceptors (Lipinski definition) is 2. The average Bonchev–Trinajstić information content (AvgIpc) is 3.16. The average molecular weight is 297 g/mol. The molecule has 0 spiro atoms. The molecule has 1 aromatic rings. The van der Waals surface area contributed by atoms with Crippen LogP contribution >= 0.6 is 11.6 Å². The van der Waals surface area contributed by atoms with Gasteiger partial charge in [-0.2, -0.15) is 0 Å². The summed E-state index contributed by atoms with van der Waals surface area (Å²) in [5.74, 6) is 0.397. The lowest BCUT2D eigenvalue weighted by Crippen LogP contribution is -2.45. The molecule has 0 bridgehead atoms. The summed E-state index contributed by atoms with van der Waals surface area (Å²) in [6.07, 6.45) is 0.942. The van der Waals surface area contributed by atoms with Gasteiger partial charge in [0.05, 0.1) is 0 Å². The molecule has 3 N–H and O–H groups in total. The first-order valence-electron chi connectivity index (χ1n) is 6.94. The van der Waals surface area contributed by atoms with Crippen LogP contribution < -0.4 is 10.6 Å². The zero-order chi connectivity index (χ0) is 14.7. The van der Waals surface area contributed by atoms with Gasteiger partial charge in [-0.25, -0.2) is 4.79 Å². The van der Waals surface area contributed by atoms with Crippen LogP contribution in [0.5, 0.6) is 0 Å². The Labute approximate surface area is 124 Å². The zero-order valence-corrected chi connectivity index (χ0v) is 12.5. The van der Waals surface area contributed by atoms with E-state index in [1.165, 1.54) is 5.56 Å². The number of nitrogens with one attached hydrogen (secondary N) is 2. The maximum Gasteiger partial charge on any atom is 0.315 e. The molecule has 110 valence electrons. The molecule has 2 amide bonds. The van der Waals surface area contributed by atoms with Gasteiger partial charge in [0, 0.05) is 29.6 Å². The van der Waals surface area contributed by atoms with E-state index in [1.54, 1.807) is 0 Å². The van der Waals surface area contributed by atoms with Gasteiger partial charge >= 0.3 is 6.03 Å². The minimum atomic E-state index is -0.174. The molecule has 4 unspecified atom stereocenters. The van der Waals surface area contributed by atoms with E-state index < -0.39 is 0 Å². The van der Waals surface area contributed by atoms with Crippen molar-refractivity contribution >= 4 is 17.6 Å². The summed E-state index contributed by atoms with van der Waals surface area (Å²) in [7, 11) is 0. The molecule has 4 nitrogen and oxygen atoms in total. The van der Waals surface area contributed by atoms with Crippen LogP contribution in [0.15, 0.2) is 24.3 Å². The lowest BCUT2D eigenvalue weighted by atomic mass is 10.1. The van der Waals surface area contributed by atoms with E-state index in [-0.39, 0.29) is 30.6 Å². The third-order valence-electron chi connectivity index (χ3n) is 3.88. The van der Waals surface area contributed by atoms with Crippen molar-refractivity contribution in [2.75, 3.05) is 6.61 Å². The highest BCUT2D eigenvalue weighted by molar-refractivity contribution is 6.30. The monoisotopic (exact) mass is 296 g/mol. The number of rotatable bonds is 5. The van der Waals surface area contributed by atoms with Crippen molar-refractivity contribution in [1.29, 1.82) is 0 Å². The van der Waals surface area contributed by atoms with Crippen LogP contribution in [0.25, 0.3) is 0 Å². The fraction of sp³-hybridized carbons (Fsp3) is 0.533. The molecule has 0 radical (unpaired) electrons. The maximum absolute atomic E-state index is 11.8. The Hall–Kier alpha value is -1.26. The van der Waals surface area contributed by atoms with Gasteiger partial charge in [-0.3, -0.25) is 0 Å². The van der Waals surface area contributed by atoms with E-state index >= 15 is 0 Å². The number of carbonyl (C=O) groups is 1. The number of hydrogen-bond donors (Lipinski definition) is 3. The third kappa shape index (κ3) is 3.87. The summed E-state index contributed by atoms with van der Waals surface area (Å²) in [6, 6.07) is 7.70. The molecule has 4 atom stereocenters. The minimum absolute atomic E-state index is 0.0451. The van der Waals surface area contributed by atoms with Crippen molar-refractivity contribution in [3.8, 4) is 0 Å². The molecule has 0 heterocycles. The number of carbonyl (C=O) groups excluding carboxylic acids is 1. The van der Waals surface area contributed by atoms with Crippen LogP contribution in [0.2, 0.25) is 5.02 Å². The second-order valence-corrected chi connectivity index (χ2v) is 6.01. The summed E-state index contributed by atoms with van der Waals surface area (Å²) in [5.41, 5.74) is 1.17. The molecular weight excluding hydrogens is 276 g/mol. The number of urea groups is 1. The Morgan fingerprint density at radius 1 is 1.50 bits per heavy atom. The first kappa shape index (κ1) is 15.1. The van der Waals surface area contributed by atoms with E-state index in [0.717, 1.165) is 11.4 Å². The third-order valence-corrected chi connectivity index (χ3v) is 4.12. The number of aliphatic hydroxyl groups excluding tert-OH is 1. The lowest BCUT2D eigenvalue weighted by molar-refractivity contribution is 0.200. The maximum atomic E-state index is 11.8. The van der Waals surface area contributed by atoms with Gasteiger partial charge in [-0.15, -0.1) is 0 Å². The highest BCUT2D eigenvalue weighted by Gasteiger charge is 2.39. The van der Waals surface area contributed by atoms with E-state index in [4.69, 9.17) is 16.7 Å². The van der Waals surface area contributed by atoms with Gasteiger partial charge in [0.1, 0.15) is 0 Å². The molecule has 0 aliphatic heterocycles. The molecule has 5 heteroatoms. The topological polar surface area (TPSA) is 61.4 Å². The molecule has 2 rings (SSSR count). The number of amides is 2. The van der Waals surface area contributed by atoms with Crippen molar-refractivity contribution in [3.05, 3.63) is 34.9 Å². The molecule has 1 aliphatic carbocycles. The molecule has 0 saturated heterocycles. The molecular formula is C15H21ClN2O2. The van der Waals surface area contributed by atoms with Crippen LogP contribution in [0.4, 0.5) is 4.79 Å². The number of benzene rings is 1. The molecule has 20 heavy (non-hydrogen) atoms. The van der Waals surface area contributed by atoms with Crippen molar-refractivity contribution in [1.82, 2.24) is 10.6 Å². The van der Waals surface area contributed by atoms with Gasteiger partial charge in [0.2, 0.25) is 0 Å². The Morgan fingerprint density at radius 2 is 2.25 bits per heavy atom. The molecule has 1 saturated carbocycles. The predicted molar refractivity (Wildman–Crippen MR) is 80.0 cm³/mol. The second kappa shape index (κ2) is 6.46. The van der Waals surface area contributed by atoms with E-state index in [2.05, 4.69) is 10.6 Å². The largest absolute Gasteiger partial charge is 0.396 e. The standard InChI is InChI=1S/C15H21ClN2O2/c1-9(8-19)10(2)17-15(20)18-14-7-13(14)11-4-3-5-12(16)6-11/h3-6,9-10,13-14,19H,7-8H2,1-2H3,(H2,17,18,20). The van der Waals surface area contributed by atoms with Crippen molar-refractivity contribution in [3.63, 3.8) is 0 Å². The van der Waals surface area contributed by atoms with Crippen molar-refractivity contribution in [2.24, 2.45) is 5.92 Å². The van der Waals surface area contributed by atoms with Crippen LogP contribution in [-0.4, -0.2) is 29.8 Å². The fourth-order valence-corrected chi connectivity index (χ4v) is 2.38.